The summed E-state index contributed by atoms with van der Waals surface area (Å²) in [5, 5.41) is 4.40. The molecule has 0 bridgehead atoms. The van der Waals surface area contributed by atoms with Gasteiger partial charge in [0.2, 0.25) is 0 Å². The molecule has 0 aliphatic heterocycles. The minimum absolute atomic E-state index is 0.371. The zero-order chi connectivity index (χ0) is 10.6. The van der Waals surface area contributed by atoms with Crippen molar-refractivity contribution in [2.45, 2.75) is 0 Å². The third kappa shape index (κ3) is 2.75. The Labute approximate surface area is 95.7 Å². The maximum atomic E-state index is 5.90. The van der Waals surface area contributed by atoms with Gasteiger partial charge in [-0.1, -0.05) is 30.3 Å². The zero-order valence-corrected chi connectivity index (χ0v) is 9.66. The summed E-state index contributed by atoms with van der Waals surface area (Å²) in [5.41, 5.74) is 5.73. The van der Waals surface area contributed by atoms with Crippen LogP contribution in [-0.4, -0.2) is 9.78 Å². The fourth-order valence-corrected chi connectivity index (χ4v) is 1.22. The lowest BCUT2D eigenvalue weighted by Gasteiger charge is -2.01. The summed E-state index contributed by atoms with van der Waals surface area (Å²) in [7, 11) is 0. The van der Waals surface area contributed by atoms with Crippen molar-refractivity contribution in [3.05, 3.63) is 46.7 Å². The highest BCUT2D eigenvalue weighted by Crippen LogP contribution is 2.14. The monoisotopic (exact) mass is 273 g/mol. The minimum Gasteiger partial charge on any atom is -0.382 e. The van der Waals surface area contributed by atoms with Gasteiger partial charge in [-0.2, -0.15) is 5.10 Å². The van der Waals surface area contributed by atoms with Gasteiger partial charge in [0.1, 0.15) is 5.82 Å². The number of hydrogen-bond acceptors (Lipinski definition) is 2. The molecule has 3 nitrogen and oxygen atoms in total. The number of halogens is 2. The SMILES string of the molecule is C=C/C=C\C(Cl)=C(/N)n1cc(Br)cn1. The fraction of sp³-hybridized carbons (Fsp3) is 0. The number of hydrogen-bond donors (Lipinski definition) is 1. The summed E-state index contributed by atoms with van der Waals surface area (Å²) < 4.78 is 2.33. The average Bonchev–Trinajstić information content (AvgIpc) is 2.60. The first-order chi connectivity index (χ1) is 6.65. The molecule has 0 aliphatic carbocycles. The van der Waals surface area contributed by atoms with Gasteiger partial charge in [-0.3, -0.25) is 0 Å². The van der Waals surface area contributed by atoms with Crippen molar-refractivity contribution in [2.75, 3.05) is 0 Å². The lowest BCUT2D eigenvalue weighted by Crippen LogP contribution is -2.07. The highest BCUT2D eigenvalue weighted by Gasteiger charge is 2.01. The van der Waals surface area contributed by atoms with Crippen LogP contribution in [0.25, 0.3) is 5.82 Å². The lowest BCUT2D eigenvalue weighted by atomic mass is 10.4. The molecule has 0 unspecified atom stereocenters. The summed E-state index contributed by atoms with van der Waals surface area (Å²) in [6.45, 7) is 3.53. The maximum absolute atomic E-state index is 5.90. The van der Waals surface area contributed by atoms with Crippen LogP contribution in [0.1, 0.15) is 0 Å². The van der Waals surface area contributed by atoms with E-state index in [0.29, 0.717) is 10.9 Å². The fourth-order valence-electron chi connectivity index (χ4n) is 0.780. The van der Waals surface area contributed by atoms with Crippen LogP contribution < -0.4 is 5.73 Å². The van der Waals surface area contributed by atoms with Crippen LogP contribution in [0.3, 0.4) is 0 Å². The van der Waals surface area contributed by atoms with Crippen molar-refractivity contribution in [1.29, 1.82) is 0 Å². The summed E-state index contributed by atoms with van der Waals surface area (Å²) in [5.74, 6) is 0.371. The van der Waals surface area contributed by atoms with Crippen LogP contribution in [0.5, 0.6) is 0 Å². The Kier molecular flexibility index (Phi) is 3.98. The van der Waals surface area contributed by atoms with Crippen LogP contribution >= 0.6 is 27.5 Å². The molecule has 2 N–H and O–H groups in total. The molecule has 0 fully saturated rings. The summed E-state index contributed by atoms with van der Waals surface area (Å²) >= 11 is 9.16. The van der Waals surface area contributed by atoms with E-state index in [1.54, 1.807) is 30.6 Å². The zero-order valence-electron chi connectivity index (χ0n) is 7.32. The van der Waals surface area contributed by atoms with Gasteiger partial charge in [0, 0.05) is 6.20 Å². The Morgan fingerprint density at radius 3 is 2.93 bits per heavy atom. The van der Waals surface area contributed by atoms with E-state index < -0.39 is 0 Å². The normalized spacial score (nSPS) is 13.0. The second-order valence-electron chi connectivity index (χ2n) is 2.43. The number of nitrogens with two attached hydrogens (primary N) is 1. The van der Waals surface area contributed by atoms with Gasteiger partial charge < -0.3 is 5.73 Å². The average molecular weight is 275 g/mol. The van der Waals surface area contributed by atoms with E-state index in [0.717, 1.165) is 4.47 Å². The van der Waals surface area contributed by atoms with Gasteiger partial charge in [0.15, 0.2) is 0 Å². The molecule has 14 heavy (non-hydrogen) atoms. The molecule has 0 amide bonds. The summed E-state index contributed by atoms with van der Waals surface area (Å²) in [6.07, 6.45) is 8.33. The highest BCUT2D eigenvalue weighted by molar-refractivity contribution is 9.10. The number of nitrogens with zero attached hydrogens (tertiary/aromatic N) is 2. The van der Waals surface area contributed by atoms with E-state index in [9.17, 15) is 0 Å². The van der Waals surface area contributed by atoms with Gasteiger partial charge in [-0.15, -0.1) is 0 Å². The Bertz CT molecular complexity index is 393. The van der Waals surface area contributed by atoms with E-state index >= 15 is 0 Å². The summed E-state index contributed by atoms with van der Waals surface area (Å²) in [4.78, 5) is 0. The summed E-state index contributed by atoms with van der Waals surface area (Å²) in [6, 6.07) is 0. The molecule has 0 atom stereocenters. The largest absolute Gasteiger partial charge is 0.382 e. The van der Waals surface area contributed by atoms with Crippen LogP contribution in [0, 0.1) is 0 Å². The Morgan fingerprint density at radius 1 is 1.71 bits per heavy atom. The van der Waals surface area contributed by atoms with Gasteiger partial charge in [-0.25, -0.2) is 4.68 Å². The smallest absolute Gasteiger partial charge is 0.143 e. The van der Waals surface area contributed by atoms with Crippen molar-refractivity contribution in [2.24, 2.45) is 5.73 Å². The molecule has 0 saturated heterocycles. The van der Waals surface area contributed by atoms with E-state index in [4.69, 9.17) is 17.3 Å². The number of aromatic nitrogens is 2. The molecule has 0 radical (unpaired) electrons. The van der Waals surface area contributed by atoms with Crippen molar-refractivity contribution >= 4 is 33.4 Å². The van der Waals surface area contributed by atoms with Gasteiger partial charge in [0.05, 0.1) is 15.7 Å². The molecular weight excluding hydrogens is 265 g/mol. The molecule has 74 valence electrons. The van der Waals surface area contributed by atoms with E-state index in [-0.39, 0.29) is 0 Å². The first-order valence-corrected chi connectivity index (χ1v) is 4.97. The quantitative estimate of drug-likeness (QED) is 0.861. The Balaban J connectivity index is 2.97. The topological polar surface area (TPSA) is 43.8 Å². The standard InChI is InChI=1S/C9H9BrClN3/c1-2-3-4-8(11)9(12)14-6-7(10)5-13-14/h2-6H,1,12H2/b4-3-,9-8-. The van der Waals surface area contributed by atoms with Gasteiger partial charge >= 0.3 is 0 Å². The van der Waals surface area contributed by atoms with Crippen LogP contribution in [0.4, 0.5) is 0 Å². The van der Waals surface area contributed by atoms with Crippen molar-refractivity contribution in [3.8, 4) is 0 Å². The lowest BCUT2D eigenvalue weighted by molar-refractivity contribution is 0.885. The molecule has 1 aromatic heterocycles. The van der Waals surface area contributed by atoms with E-state index in [1.165, 1.54) is 4.68 Å². The molecule has 0 aromatic carbocycles. The van der Waals surface area contributed by atoms with Crippen molar-refractivity contribution in [3.63, 3.8) is 0 Å². The molecule has 0 spiro atoms. The third-order valence-corrected chi connectivity index (χ3v) is 2.15. The molecular formula is C9H9BrClN3. The Morgan fingerprint density at radius 2 is 2.43 bits per heavy atom. The maximum Gasteiger partial charge on any atom is 0.143 e. The van der Waals surface area contributed by atoms with Gasteiger partial charge in [0.25, 0.3) is 0 Å². The third-order valence-electron chi connectivity index (χ3n) is 1.42. The first kappa shape index (κ1) is 11.1. The first-order valence-electron chi connectivity index (χ1n) is 3.80. The molecule has 1 heterocycles. The van der Waals surface area contributed by atoms with E-state index in [1.807, 2.05) is 0 Å². The predicted octanol–water partition coefficient (Wildman–Crippen LogP) is 2.71. The molecule has 0 saturated carbocycles. The predicted molar refractivity (Wildman–Crippen MR) is 62.5 cm³/mol. The number of rotatable bonds is 3. The molecule has 1 rings (SSSR count). The molecule has 0 aliphatic rings. The van der Waals surface area contributed by atoms with E-state index in [2.05, 4.69) is 27.6 Å². The van der Waals surface area contributed by atoms with Crippen molar-refractivity contribution in [1.82, 2.24) is 9.78 Å². The molecule has 5 heteroatoms. The second-order valence-corrected chi connectivity index (χ2v) is 3.75. The highest BCUT2D eigenvalue weighted by atomic mass is 79.9. The van der Waals surface area contributed by atoms with Crippen LogP contribution in [-0.2, 0) is 0 Å². The van der Waals surface area contributed by atoms with Crippen molar-refractivity contribution < 1.29 is 0 Å². The Hall–Kier alpha value is -1.00. The van der Waals surface area contributed by atoms with Crippen LogP contribution in [0.15, 0.2) is 46.7 Å². The molecule has 1 aromatic rings. The van der Waals surface area contributed by atoms with Gasteiger partial charge in [-0.05, 0) is 22.0 Å². The minimum atomic E-state index is 0.371. The second kappa shape index (κ2) is 5.02. The van der Waals surface area contributed by atoms with Crippen LogP contribution in [0.2, 0.25) is 0 Å². The number of allylic oxidation sites excluding steroid dienone is 4.